The monoisotopic (exact) mass is 401 g/mol. The number of carbonyl (C=O) groups excluding carboxylic acids is 2. The van der Waals surface area contributed by atoms with Crippen LogP contribution >= 0.6 is 11.3 Å². The topological polar surface area (TPSA) is 59.8 Å². The third kappa shape index (κ3) is 4.80. The summed E-state index contributed by atoms with van der Waals surface area (Å²) in [6.07, 6.45) is 3.56. The molecule has 28 heavy (non-hydrogen) atoms. The molecule has 6 heteroatoms. The number of ether oxygens (including phenoxy) is 1. The van der Waals surface area contributed by atoms with Crippen LogP contribution in [0.15, 0.2) is 29.6 Å². The molecule has 2 aromatic rings. The highest BCUT2D eigenvalue weighted by Gasteiger charge is 2.27. The van der Waals surface area contributed by atoms with Gasteiger partial charge in [0.15, 0.2) is 6.54 Å². The van der Waals surface area contributed by atoms with Crippen LogP contribution in [0.4, 0.5) is 5.00 Å². The van der Waals surface area contributed by atoms with Gasteiger partial charge in [-0.25, -0.2) is 4.79 Å². The Hall–Kier alpha value is -2.18. The summed E-state index contributed by atoms with van der Waals surface area (Å²) < 4.78 is 5.27. The van der Waals surface area contributed by atoms with Crippen molar-refractivity contribution in [3.05, 3.63) is 40.8 Å². The van der Waals surface area contributed by atoms with Gasteiger partial charge in [0.05, 0.1) is 19.2 Å². The summed E-state index contributed by atoms with van der Waals surface area (Å²) in [6, 6.07) is 8.51. The van der Waals surface area contributed by atoms with Crippen molar-refractivity contribution in [3.8, 4) is 11.1 Å². The van der Waals surface area contributed by atoms with Crippen LogP contribution in [0.5, 0.6) is 0 Å². The van der Waals surface area contributed by atoms with E-state index in [0.29, 0.717) is 29.8 Å². The minimum Gasteiger partial charge on any atom is -0.462 e. The number of hydrogen-bond donors (Lipinski definition) is 2. The number of likely N-dealkylation sites (tertiary alicyclic amines) is 1. The predicted molar refractivity (Wildman–Crippen MR) is 113 cm³/mol. The van der Waals surface area contributed by atoms with Gasteiger partial charge in [0.25, 0.3) is 5.91 Å². The summed E-state index contributed by atoms with van der Waals surface area (Å²) >= 11 is 1.38. The maximum Gasteiger partial charge on any atom is 0.341 e. The van der Waals surface area contributed by atoms with E-state index in [2.05, 4.69) is 12.2 Å². The van der Waals surface area contributed by atoms with Crippen molar-refractivity contribution in [3.63, 3.8) is 0 Å². The van der Waals surface area contributed by atoms with Gasteiger partial charge < -0.3 is 15.0 Å². The van der Waals surface area contributed by atoms with Crippen LogP contribution in [0, 0.1) is 6.92 Å². The molecule has 2 atom stereocenters. The number of aryl methyl sites for hydroxylation is 1. The minimum atomic E-state index is -0.395. The second-order valence-electron chi connectivity index (χ2n) is 7.47. The molecular formula is C22H29N2O3S+. The van der Waals surface area contributed by atoms with Gasteiger partial charge in [-0.15, -0.1) is 11.3 Å². The second-order valence-corrected chi connectivity index (χ2v) is 8.35. The maximum absolute atomic E-state index is 12.7. The molecule has 1 aromatic heterocycles. The summed E-state index contributed by atoms with van der Waals surface area (Å²) in [5.74, 6) is -0.445. The first kappa shape index (κ1) is 20.6. The first-order valence-corrected chi connectivity index (χ1v) is 10.9. The van der Waals surface area contributed by atoms with Crippen molar-refractivity contribution in [2.24, 2.45) is 0 Å². The predicted octanol–water partition coefficient (Wildman–Crippen LogP) is 3.30. The Labute approximate surface area is 170 Å². The molecule has 150 valence electrons. The molecule has 0 spiro atoms. The molecule has 1 aliphatic heterocycles. The minimum absolute atomic E-state index is 0.0494. The summed E-state index contributed by atoms with van der Waals surface area (Å²) in [4.78, 5) is 26.6. The van der Waals surface area contributed by atoms with E-state index in [1.54, 1.807) is 6.92 Å². The standard InChI is InChI=1S/C22H28N2O3S/c1-4-27-22(26)20-18(17-10-8-15(2)9-11-17)14-28-21(20)23-19(25)13-24-12-6-5-7-16(24)3/h8-11,14,16H,4-7,12-13H2,1-3H3,(H,23,25)/p+1/t16-/m1/s1. The van der Waals surface area contributed by atoms with Crippen LogP contribution in [0.2, 0.25) is 0 Å². The van der Waals surface area contributed by atoms with Gasteiger partial charge in [-0.05, 0) is 45.6 Å². The van der Waals surface area contributed by atoms with Crippen molar-refractivity contribution in [2.75, 3.05) is 25.0 Å². The van der Waals surface area contributed by atoms with Crippen molar-refractivity contribution < 1.29 is 19.2 Å². The summed E-state index contributed by atoms with van der Waals surface area (Å²) in [5, 5.41) is 5.47. The van der Waals surface area contributed by atoms with Crippen LogP contribution in [0.3, 0.4) is 0 Å². The van der Waals surface area contributed by atoms with E-state index in [-0.39, 0.29) is 5.91 Å². The molecule has 1 aromatic carbocycles. The number of anilines is 1. The largest absolute Gasteiger partial charge is 0.462 e. The average Bonchev–Trinajstić information content (AvgIpc) is 3.08. The van der Waals surface area contributed by atoms with Gasteiger partial charge in [-0.2, -0.15) is 0 Å². The van der Waals surface area contributed by atoms with Gasteiger partial charge in [0.1, 0.15) is 10.6 Å². The number of rotatable bonds is 6. The Morgan fingerprint density at radius 1 is 1.25 bits per heavy atom. The van der Waals surface area contributed by atoms with Crippen LogP contribution in [0.25, 0.3) is 11.1 Å². The SMILES string of the molecule is CCOC(=O)c1c(-c2ccc(C)cc2)csc1NC(=O)C[NH+]1CCCC[C@H]1C. The number of carbonyl (C=O) groups is 2. The first-order valence-electron chi connectivity index (χ1n) is 9.99. The van der Waals surface area contributed by atoms with Gasteiger partial charge in [0, 0.05) is 10.9 Å². The van der Waals surface area contributed by atoms with E-state index >= 15 is 0 Å². The molecule has 5 nitrogen and oxygen atoms in total. The van der Waals surface area contributed by atoms with E-state index in [0.717, 1.165) is 36.1 Å². The summed E-state index contributed by atoms with van der Waals surface area (Å²) in [6.45, 7) is 7.77. The number of quaternary nitrogens is 1. The Bertz CT molecular complexity index is 829. The van der Waals surface area contributed by atoms with Crippen molar-refractivity contribution in [1.29, 1.82) is 0 Å². The Morgan fingerprint density at radius 2 is 2.00 bits per heavy atom. The number of esters is 1. The van der Waals surface area contributed by atoms with Crippen LogP contribution < -0.4 is 10.2 Å². The lowest BCUT2D eigenvalue weighted by atomic mass is 10.0. The fraction of sp³-hybridized carbons (Fsp3) is 0.455. The van der Waals surface area contributed by atoms with E-state index < -0.39 is 5.97 Å². The molecule has 2 N–H and O–H groups in total. The molecule has 1 saturated heterocycles. The highest BCUT2D eigenvalue weighted by atomic mass is 32.1. The molecule has 0 bridgehead atoms. The highest BCUT2D eigenvalue weighted by Crippen LogP contribution is 2.36. The number of nitrogens with one attached hydrogen (secondary N) is 2. The number of thiophene rings is 1. The average molecular weight is 402 g/mol. The highest BCUT2D eigenvalue weighted by molar-refractivity contribution is 7.15. The van der Waals surface area contributed by atoms with E-state index in [4.69, 9.17) is 4.74 Å². The smallest absolute Gasteiger partial charge is 0.341 e. The van der Waals surface area contributed by atoms with Crippen molar-refractivity contribution in [2.45, 2.75) is 46.1 Å². The number of benzene rings is 1. The third-order valence-corrected chi connectivity index (χ3v) is 6.25. The maximum atomic E-state index is 12.7. The number of amides is 1. The Kier molecular flexibility index (Phi) is 6.86. The zero-order chi connectivity index (χ0) is 20.1. The van der Waals surface area contributed by atoms with Gasteiger partial charge in [-0.3, -0.25) is 4.79 Å². The Morgan fingerprint density at radius 3 is 2.68 bits per heavy atom. The molecule has 1 amide bonds. The molecule has 1 fully saturated rings. The molecular weight excluding hydrogens is 372 g/mol. The molecule has 2 heterocycles. The van der Waals surface area contributed by atoms with Gasteiger partial charge in [0.2, 0.25) is 0 Å². The molecule has 1 unspecified atom stereocenters. The lowest BCUT2D eigenvalue weighted by Gasteiger charge is -2.29. The molecule has 0 saturated carbocycles. The van der Waals surface area contributed by atoms with E-state index in [9.17, 15) is 9.59 Å². The van der Waals surface area contributed by atoms with Crippen LogP contribution in [-0.4, -0.2) is 37.6 Å². The van der Waals surface area contributed by atoms with Gasteiger partial charge >= 0.3 is 5.97 Å². The second kappa shape index (κ2) is 9.34. The first-order chi connectivity index (χ1) is 13.5. The van der Waals surface area contributed by atoms with E-state index in [1.807, 2.05) is 36.6 Å². The zero-order valence-electron chi connectivity index (χ0n) is 16.8. The molecule has 0 aliphatic carbocycles. The zero-order valence-corrected chi connectivity index (χ0v) is 17.7. The van der Waals surface area contributed by atoms with Crippen molar-refractivity contribution in [1.82, 2.24) is 0 Å². The quantitative estimate of drug-likeness (QED) is 0.730. The Balaban J connectivity index is 1.82. The summed E-state index contributed by atoms with van der Waals surface area (Å²) in [5.41, 5.74) is 3.35. The molecule has 3 rings (SSSR count). The van der Waals surface area contributed by atoms with Crippen LogP contribution in [-0.2, 0) is 9.53 Å². The lowest BCUT2D eigenvalue weighted by Crippen LogP contribution is -3.17. The normalized spacial score (nSPS) is 19.2. The lowest BCUT2D eigenvalue weighted by molar-refractivity contribution is -0.920. The summed E-state index contributed by atoms with van der Waals surface area (Å²) in [7, 11) is 0. The molecule has 1 aliphatic rings. The van der Waals surface area contributed by atoms with Crippen LogP contribution in [0.1, 0.15) is 49.0 Å². The fourth-order valence-corrected chi connectivity index (χ4v) is 4.67. The molecule has 0 radical (unpaired) electrons. The van der Waals surface area contributed by atoms with Crippen molar-refractivity contribution >= 4 is 28.2 Å². The number of piperidine rings is 1. The third-order valence-electron chi connectivity index (χ3n) is 5.36. The van der Waals surface area contributed by atoms with E-state index in [1.165, 1.54) is 22.7 Å². The number of hydrogen-bond acceptors (Lipinski definition) is 4. The van der Waals surface area contributed by atoms with Gasteiger partial charge in [-0.1, -0.05) is 29.8 Å². The fourth-order valence-electron chi connectivity index (χ4n) is 3.69.